The van der Waals surface area contributed by atoms with Crippen LogP contribution in [0.2, 0.25) is 0 Å². The van der Waals surface area contributed by atoms with Crippen LogP contribution in [0.4, 0.5) is 0 Å². The highest BCUT2D eigenvalue weighted by molar-refractivity contribution is 5.78. The molecule has 3 aliphatic carbocycles. The molecule has 2 bridgehead atoms. The zero-order chi connectivity index (χ0) is 12.0. The molecule has 1 saturated carbocycles. The molecule has 94 valence electrons. The highest BCUT2D eigenvalue weighted by Gasteiger charge is 2.51. The smallest absolute Gasteiger partial charge is 0.234 e. The van der Waals surface area contributed by atoms with Crippen LogP contribution in [0.1, 0.15) is 26.7 Å². The fourth-order valence-electron chi connectivity index (χ4n) is 3.74. The van der Waals surface area contributed by atoms with E-state index in [0.29, 0.717) is 12.0 Å². The van der Waals surface area contributed by atoms with Crippen LogP contribution in [0.5, 0.6) is 0 Å². The van der Waals surface area contributed by atoms with Crippen molar-refractivity contribution in [3.63, 3.8) is 0 Å². The Morgan fingerprint density at radius 3 is 3.00 bits per heavy atom. The predicted molar refractivity (Wildman–Crippen MR) is 67.5 cm³/mol. The monoisotopic (exact) mass is 234 g/mol. The molecule has 2 atom stereocenters. The van der Waals surface area contributed by atoms with Crippen molar-refractivity contribution in [1.82, 2.24) is 10.2 Å². The van der Waals surface area contributed by atoms with Crippen molar-refractivity contribution in [1.29, 1.82) is 0 Å². The number of hydrogen-bond donors (Lipinski definition) is 1. The van der Waals surface area contributed by atoms with Gasteiger partial charge in [0.1, 0.15) is 0 Å². The fourth-order valence-corrected chi connectivity index (χ4v) is 3.74. The van der Waals surface area contributed by atoms with Crippen LogP contribution in [-0.2, 0) is 4.79 Å². The van der Waals surface area contributed by atoms with Gasteiger partial charge in [-0.25, -0.2) is 0 Å². The lowest BCUT2D eigenvalue weighted by atomic mass is 9.49. The maximum absolute atomic E-state index is 11.4. The molecule has 3 nitrogen and oxygen atoms in total. The van der Waals surface area contributed by atoms with Crippen LogP contribution >= 0.6 is 0 Å². The van der Waals surface area contributed by atoms with Crippen LogP contribution in [0.25, 0.3) is 0 Å². The Hall–Kier alpha value is -0.830. The van der Waals surface area contributed by atoms with Gasteiger partial charge in [0.15, 0.2) is 0 Å². The SMILES string of the molecule is CC1(C)[C@H]2CC=C(CN3CCNC(=O)C3)[C@@H]1C2. The first-order chi connectivity index (χ1) is 8.07. The molecule has 1 aliphatic heterocycles. The number of amides is 1. The van der Waals surface area contributed by atoms with Gasteiger partial charge < -0.3 is 5.32 Å². The summed E-state index contributed by atoms with van der Waals surface area (Å²) < 4.78 is 0. The Morgan fingerprint density at radius 1 is 1.53 bits per heavy atom. The van der Waals surface area contributed by atoms with Gasteiger partial charge in [-0.1, -0.05) is 25.5 Å². The van der Waals surface area contributed by atoms with Gasteiger partial charge in [-0.05, 0) is 30.1 Å². The largest absolute Gasteiger partial charge is 0.354 e. The van der Waals surface area contributed by atoms with E-state index in [1.807, 2.05) is 0 Å². The molecule has 4 aliphatic rings. The second-order valence-corrected chi connectivity index (χ2v) is 6.38. The summed E-state index contributed by atoms with van der Waals surface area (Å²) in [6.07, 6.45) is 5.06. The summed E-state index contributed by atoms with van der Waals surface area (Å²) in [6, 6.07) is 0. The Labute approximate surface area is 103 Å². The lowest BCUT2D eigenvalue weighted by Crippen LogP contribution is -2.52. The van der Waals surface area contributed by atoms with Gasteiger partial charge in [-0.15, -0.1) is 0 Å². The molecule has 1 amide bonds. The quantitative estimate of drug-likeness (QED) is 0.733. The fraction of sp³-hybridized carbons (Fsp3) is 0.786. The number of fused-ring (bicyclic) bond motifs is 1. The molecule has 0 spiro atoms. The van der Waals surface area contributed by atoms with E-state index >= 15 is 0 Å². The van der Waals surface area contributed by atoms with E-state index in [1.54, 1.807) is 5.57 Å². The molecule has 1 saturated heterocycles. The zero-order valence-corrected chi connectivity index (χ0v) is 10.8. The Morgan fingerprint density at radius 2 is 2.35 bits per heavy atom. The van der Waals surface area contributed by atoms with Gasteiger partial charge in [0.2, 0.25) is 5.91 Å². The molecular weight excluding hydrogens is 212 g/mol. The van der Waals surface area contributed by atoms with Gasteiger partial charge in [-0.2, -0.15) is 0 Å². The van der Waals surface area contributed by atoms with Crippen molar-refractivity contribution in [2.24, 2.45) is 17.3 Å². The zero-order valence-electron chi connectivity index (χ0n) is 10.8. The highest BCUT2D eigenvalue weighted by Crippen LogP contribution is 2.59. The molecule has 4 rings (SSSR count). The van der Waals surface area contributed by atoms with Crippen LogP contribution in [0.3, 0.4) is 0 Å². The summed E-state index contributed by atoms with van der Waals surface area (Å²) >= 11 is 0. The highest BCUT2D eigenvalue weighted by atomic mass is 16.2. The normalized spacial score (nSPS) is 35.9. The molecule has 2 fully saturated rings. The maximum Gasteiger partial charge on any atom is 0.234 e. The van der Waals surface area contributed by atoms with Crippen molar-refractivity contribution < 1.29 is 4.79 Å². The van der Waals surface area contributed by atoms with E-state index in [1.165, 1.54) is 12.8 Å². The summed E-state index contributed by atoms with van der Waals surface area (Å²) in [5, 5.41) is 2.89. The summed E-state index contributed by atoms with van der Waals surface area (Å²) in [4.78, 5) is 13.7. The van der Waals surface area contributed by atoms with Crippen molar-refractivity contribution in [2.45, 2.75) is 26.7 Å². The first-order valence-corrected chi connectivity index (χ1v) is 6.75. The summed E-state index contributed by atoms with van der Waals surface area (Å²) in [5.74, 6) is 1.85. The third-order valence-corrected chi connectivity index (χ3v) is 5.11. The van der Waals surface area contributed by atoms with Crippen LogP contribution in [-0.4, -0.2) is 37.0 Å². The first kappa shape index (κ1) is 11.3. The Kier molecular flexibility index (Phi) is 2.54. The van der Waals surface area contributed by atoms with Gasteiger partial charge in [0.05, 0.1) is 6.54 Å². The average Bonchev–Trinajstić information content (AvgIpc) is 2.29. The van der Waals surface area contributed by atoms with Crippen LogP contribution < -0.4 is 5.32 Å². The number of rotatable bonds is 2. The first-order valence-electron chi connectivity index (χ1n) is 6.75. The Bertz CT molecular complexity index is 372. The van der Waals surface area contributed by atoms with Crippen LogP contribution in [0, 0.1) is 17.3 Å². The molecule has 1 heterocycles. The maximum atomic E-state index is 11.4. The van der Waals surface area contributed by atoms with Crippen molar-refractivity contribution in [3.05, 3.63) is 11.6 Å². The second kappa shape index (κ2) is 3.84. The van der Waals surface area contributed by atoms with E-state index < -0.39 is 0 Å². The number of carbonyl (C=O) groups excluding carboxylic acids is 1. The van der Waals surface area contributed by atoms with E-state index in [4.69, 9.17) is 0 Å². The lowest BCUT2D eigenvalue weighted by molar-refractivity contribution is -0.124. The minimum absolute atomic E-state index is 0.179. The second-order valence-electron chi connectivity index (χ2n) is 6.38. The number of nitrogens with zero attached hydrogens (tertiary/aromatic N) is 1. The number of piperazine rings is 1. The molecule has 0 unspecified atom stereocenters. The summed E-state index contributed by atoms with van der Waals surface area (Å²) in [7, 11) is 0. The van der Waals surface area contributed by atoms with Crippen molar-refractivity contribution in [3.8, 4) is 0 Å². The number of carbonyl (C=O) groups is 1. The molecule has 1 N–H and O–H groups in total. The number of allylic oxidation sites excluding steroid dienone is 1. The van der Waals surface area contributed by atoms with Gasteiger partial charge in [0.25, 0.3) is 0 Å². The van der Waals surface area contributed by atoms with E-state index in [0.717, 1.165) is 31.5 Å². The van der Waals surface area contributed by atoms with E-state index in [2.05, 4.69) is 30.1 Å². The van der Waals surface area contributed by atoms with Crippen molar-refractivity contribution in [2.75, 3.05) is 26.2 Å². The molecule has 3 heteroatoms. The number of nitrogens with one attached hydrogen (secondary N) is 1. The Balaban J connectivity index is 1.66. The molecule has 0 radical (unpaired) electrons. The molecule has 0 aromatic carbocycles. The molecule has 0 aromatic heterocycles. The van der Waals surface area contributed by atoms with E-state index in [9.17, 15) is 4.79 Å². The summed E-state index contributed by atoms with van der Waals surface area (Å²) in [5.41, 5.74) is 2.09. The molecule has 17 heavy (non-hydrogen) atoms. The third-order valence-electron chi connectivity index (χ3n) is 5.11. The topological polar surface area (TPSA) is 32.3 Å². The third kappa shape index (κ3) is 1.81. The van der Waals surface area contributed by atoms with E-state index in [-0.39, 0.29) is 5.91 Å². The average molecular weight is 234 g/mol. The van der Waals surface area contributed by atoms with Crippen molar-refractivity contribution >= 4 is 5.91 Å². The predicted octanol–water partition coefficient (Wildman–Crippen LogP) is 1.41. The minimum Gasteiger partial charge on any atom is -0.354 e. The van der Waals surface area contributed by atoms with Gasteiger partial charge >= 0.3 is 0 Å². The lowest BCUT2D eigenvalue weighted by Gasteiger charge is -2.57. The standard InChI is InChI=1S/C14H22N2O/c1-14(2)11-4-3-10(12(14)7-11)8-16-6-5-15-13(17)9-16/h3,11-12H,4-9H2,1-2H3,(H,15,17)/t11-,12-/m0/s1. The number of hydrogen-bond acceptors (Lipinski definition) is 2. The molecule has 0 aromatic rings. The van der Waals surface area contributed by atoms with Gasteiger partial charge in [0, 0.05) is 19.6 Å². The van der Waals surface area contributed by atoms with Gasteiger partial charge in [-0.3, -0.25) is 9.69 Å². The van der Waals surface area contributed by atoms with Crippen LogP contribution in [0.15, 0.2) is 11.6 Å². The minimum atomic E-state index is 0.179. The molecular formula is C14H22N2O. The summed E-state index contributed by atoms with van der Waals surface area (Å²) in [6.45, 7) is 8.20.